The monoisotopic (exact) mass is 324 g/mol. The molecule has 2 amide bonds. The smallest absolute Gasteiger partial charge is 0.253 e. The summed E-state index contributed by atoms with van der Waals surface area (Å²) in [6, 6.07) is 9.82. The highest BCUT2D eigenvalue weighted by atomic mass is 16.2. The van der Waals surface area contributed by atoms with E-state index in [4.69, 9.17) is 0 Å². The molecule has 0 atom stereocenters. The summed E-state index contributed by atoms with van der Waals surface area (Å²) < 4.78 is 0. The zero-order chi connectivity index (χ0) is 17.2. The molecule has 2 N–H and O–H groups in total. The van der Waals surface area contributed by atoms with Crippen LogP contribution in [0.25, 0.3) is 10.9 Å². The van der Waals surface area contributed by atoms with Gasteiger partial charge in [0.25, 0.3) is 5.91 Å². The van der Waals surface area contributed by atoms with Crippen LogP contribution in [0, 0.1) is 11.3 Å². The van der Waals surface area contributed by atoms with Crippen LogP contribution >= 0.6 is 0 Å². The lowest BCUT2D eigenvalue weighted by atomic mass is 9.76. The van der Waals surface area contributed by atoms with Crippen molar-refractivity contribution in [2.24, 2.45) is 0 Å². The summed E-state index contributed by atoms with van der Waals surface area (Å²) in [5.41, 5.74) is 0.830. The average Bonchev–Trinajstić information content (AvgIpc) is 2.98. The molecule has 1 aliphatic carbocycles. The minimum Gasteiger partial charge on any atom is -0.360 e. The topological polar surface area (TPSA) is 89.0 Å². The second-order valence-electron chi connectivity index (χ2n) is 6.20. The first-order chi connectivity index (χ1) is 11.6. The van der Waals surface area contributed by atoms with E-state index in [1.54, 1.807) is 13.2 Å². The van der Waals surface area contributed by atoms with E-state index < -0.39 is 5.54 Å². The number of aromatic nitrogens is 1. The number of carbonyl (C=O) groups is 2. The quantitative estimate of drug-likeness (QED) is 0.883. The van der Waals surface area contributed by atoms with E-state index in [-0.39, 0.29) is 24.8 Å². The number of hydrogen-bond donors (Lipinski definition) is 2. The Morgan fingerprint density at radius 3 is 2.79 bits per heavy atom. The molecule has 0 aliphatic heterocycles. The maximum absolute atomic E-state index is 12.3. The molecule has 0 unspecified atom stereocenters. The molecule has 0 spiro atoms. The van der Waals surface area contributed by atoms with E-state index in [0.717, 1.165) is 30.2 Å². The first-order valence-electron chi connectivity index (χ1n) is 8.10. The summed E-state index contributed by atoms with van der Waals surface area (Å²) >= 11 is 0. The number of para-hydroxylation sites is 1. The van der Waals surface area contributed by atoms with Gasteiger partial charge in [0.2, 0.25) is 5.91 Å². The van der Waals surface area contributed by atoms with Crippen LogP contribution in [-0.2, 0) is 4.79 Å². The van der Waals surface area contributed by atoms with Gasteiger partial charge in [-0.05, 0) is 25.3 Å². The van der Waals surface area contributed by atoms with E-state index in [0.29, 0.717) is 5.56 Å². The van der Waals surface area contributed by atoms with Gasteiger partial charge in [-0.25, -0.2) is 0 Å². The van der Waals surface area contributed by atoms with Gasteiger partial charge in [0.05, 0.1) is 11.6 Å². The Morgan fingerprint density at radius 2 is 2.12 bits per heavy atom. The molecule has 0 bridgehead atoms. The SMILES string of the molecule is CN(C(=O)CCNC(=O)c1c[nH]c2ccccc12)C1(C#N)CCC1. The number of rotatable bonds is 5. The first-order valence-corrected chi connectivity index (χ1v) is 8.10. The number of amides is 2. The number of nitrogens with one attached hydrogen (secondary N) is 2. The van der Waals surface area contributed by atoms with Crippen molar-refractivity contribution in [1.82, 2.24) is 15.2 Å². The summed E-state index contributed by atoms with van der Waals surface area (Å²) in [5.74, 6) is -0.322. The summed E-state index contributed by atoms with van der Waals surface area (Å²) in [6.45, 7) is 0.253. The summed E-state index contributed by atoms with van der Waals surface area (Å²) in [7, 11) is 1.67. The summed E-state index contributed by atoms with van der Waals surface area (Å²) in [4.78, 5) is 29.1. The van der Waals surface area contributed by atoms with Crippen LogP contribution in [0.3, 0.4) is 0 Å². The number of fused-ring (bicyclic) bond motifs is 1. The predicted octanol–water partition coefficient (Wildman–Crippen LogP) is 2.19. The molecule has 1 fully saturated rings. The Hall–Kier alpha value is -2.81. The second-order valence-corrected chi connectivity index (χ2v) is 6.20. The number of hydrogen-bond acceptors (Lipinski definition) is 3. The number of nitriles is 1. The molecule has 1 aromatic carbocycles. The molecule has 2 aromatic rings. The summed E-state index contributed by atoms with van der Waals surface area (Å²) in [6.07, 6.45) is 4.30. The largest absolute Gasteiger partial charge is 0.360 e. The van der Waals surface area contributed by atoms with Crippen LogP contribution in [0.5, 0.6) is 0 Å². The molecule has 1 aromatic heterocycles. The van der Waals surface area contributed by atoms with Crippen LogP contribution < -0.4 is 5.32 Å². The zero-order valence-electron chi connectivity index (χ0n) is 13.6. The van der Waals surface area contributed by atoms with Crippen LogP contribution in [0.2, 0.25) is 0 Å². The third-order valence-corrected chi connectivity index (χ3v) is 4.86. The van der Waals surface area contributed by atoms with Gasteiger partial charge >= 0.3 is 0 Å². The van der Waals surface area contributed by atoms with Gasteiger partial charge in [0.1, 0.15) is 5.54 Å². The Bertz CT molecular complexity index is 814. The average molecular weight is 324 g/mol. The molecule has 0 saturated heterocycles. The molecule has 1 aliphatic rings. The third-order valence-electron chi connectivity index (χ3n) is 4.86. The van der Waals surface area contributed by atoms with Gasteiger partial charge in [-0.15, -0.1) is 0 Å². The van der Waals surface area contributed by atoms with Gasteiger partial charge in [-0.1, -0.05) is 18.2 Å². The molecular formula is C18H20N4O2. The maximum atomic E-state index is 12.3. The molecule has 124 valence electrons. The van der Waals surface area contributed by atoms with Crippen molar-refractivity contribution in [1.29, 1.82) is 5.26 Å². The van der Waals surface area contributed by atoms with E-state index >= 15 is 0 Å². The summed E-state index contributed by atoms with van der Waals surface area (Å²) in [5, 5.41) is 12.9. The first kappa shape index (κ1) is 16.1. The lowest BCUT2D eigenvalue weighted by molar-refractivity contribution is -0.136. The van der Waals surface area contributed by atoms with E-state index in [1.807, 2.05) is 24.3 Å². The van der Waals surface area contributed by atoms with Crippen LogP contribution in [0.1, 0.15) is 36.0 Å². The van der Waals surface area contributed by atoms with E-state index in [9.17, 15) is 14.9 Å². The van der Waals surface area contributed by atoms with Crippen molar-refractivity contribution in [3.05, 3.63) is 36.0 Å². The fourth-order valence-electron chi connectivity index (χ4n) is 3.08. The molecule has 3 rings (SSSR count). The van der Waals surface area contributed by atoms with Crippen LogP contribution in [0.4, 0.5) is 0 Å². The lowest BCUT2D eigenvalue weighted by Crippen LogP contribution is -2.53. The van der Waals surface area contributed by atoms with Gasteiger partial charge < -0.3 is 15.2 Å². The van der Waals surface area contributed by atoms with Gasteiger partial charge in [0.15, 0.2) is 0 Å². The minimum absolute atomic E-state index is 0.115. The predicted molar refractivity (Wildman–Crippen MR) is 90.2 cm³/mol. The third kappa shape index (κ3) is 2.73. The molecule has 6 heteroatoms. The lowest BCUT2D eigenvalue weighted by Gasteiger charge is -2.43. The molecule has 0 radical (unpaired) electrons. The maximum Gasteiger partial charge on any atom is 0.253 e. The molecule has 6 nitrogen and oxygen atoms in total. The highest BCUT2D eigenvalue weighted by Gasteiger charge is 2.43. The molecule has 1 saturated carbocycles. The van der Waals surface area contributed by atoms with Crippen molar-refractivity contribution in [2.45, 2.75) is 31.2 Å². The normalized spacial score (nSPS) is 15.3. The van der Waals surface area contributed by atoms with Gasteiger partial charge in [0, 0.05) is 37.1 Å². The van der Waals surface area contributed by atoms with Crippen molar-refractivity contribution < 1.29 is 9.59 Å². The highest BCUT2D eigenvalue weighted by Crippen LogP contribution is 2.36. The van der Waals surface area contributed by atoms with Gasteiger partial charge in [-0.3, -0.25) is 9.59 Å². The Balaban J connectivity index is 1.55. The van der Waals surface area contributed by atoms with Crippen LogP contribution in [-0.4, -0.2) is 40.8 Å². The van der Waals surface area contributed by atoms with E-state index in [2.05, 4.69) is 16.4 Å². The molecule has 1 heterocycles. The van der Waals surface area contributed by atoms with Gasteiger partial charge in [-0.2, -0.15) is 5.26 Å². The fourth-order valence-corrected chi connectivity index (χ4v) is 3.08. The van der Waals surface area contributed by atoms with Crippen LogP contribution in [0.15, 0.2) is 30.5 Å². The van der Waals surface area contributed by atoms with Crippen molar-refractivity contribution >= 4 is 22.7 Å². The number of H-pyrrole nitrogens is 1. The highest BCUT2D eigenvalue weighted by molar-refractivity contribution is 6.06. The standard InChI is InChI=1S/C18H20N4O2/c1-22(18(12-19)8-4-9-18)16(23)7-10-20-17(24)14-11-21-15-6-3-2-5-13(14)15/h2-3,5-6,11,21H,4,7-10H2,1H3,(H,20,24). The number of benzene rings is 1. The van der Waals surface area contributed by atoms with Crippen molar-refractivity contribution in [3.63, 3.8) is 0 Å². The second kappa shape index (κ2) is 6.36. The van der Waals surface area contributed by atoms with E-state index in [1.165, 1.54) is 4.90 Å². The molecule has 24 heavy (non-hydrogen) atoms. The minimum atomic E-state index is -0.641. The Labute approximate surface area is 140 Å². The van der Waals surface area contributed by atoms with Crippen molar-refractivity contribution in [2.75, 3.05) is 13.6 Å². The number of nitrogens with zero attached hydrogens (tertiary/aromatic N) is 2. The zero-order valence-corrected chi connectivity index (χ0v) is 13.6. The Morgan fingerprint density at radius 1 is 1.38 bits per heavy atom. The van der Waals surface area contributed by atoms with Crippen molar-refractivity contribution in [3.8, 4) is 6.07 Å². The Kier molecular flexibility index (Phi) is 4.26. The number of aromatic amines is 1. The molecular weight excluding hydrogens is 304 g/mol. The fraction of sp³-hybridized carbons (Fsp3) is 0.389. The number of carbonyl (C=O) groups excluding carboxylic acids is 2.